The number of aliphatic hydroxyl groups excluding tert-OH is 1. The van der Waals surface area contributed by atoms with Gasteiger partial charge in [-0.1, -0.05) is 63.3 Å². The predicted molar refractivity (Wildman–Crippen MR) is 221 cm³/mol. The topological polar surface area (TPSA) is 241 Å². The van der Waals surface area contributed by atoms with E-state index in [1.165, 1.54) is 39.4 Å². The molecule has 0 radical (unpaired) electrons. The number of aromatic nitrogens is 3. The molecule has 0 fully saturated rings. The summed E-state index contributed by atoms with van der Waals surface area (Å²) < 4.78 is 33.1. The van der Waals surface area contributed by atoms with Gasteiger partial charge >= 0.3 is 41.5 Å². The molecule has 3 aromatic heterocycles. The van der Waals surface area contributed by atoms with Crippen molar-refractivity contribution in [3.8, 4) is 51.2 Å². The van der Waals surface area contributed by atoms with Crippen molar-refractivity contribution in [2.45, 2.75) is 65.5 Å². The minimum Gasteiger partial charge on any atom is -0.546 e. The van der Waals surface area contributed by atoms with Crippen LogP contribution in [0.5, 0.6) is 17.2 Å². The summed E-state index contributed by atoms with van der Waals surface area (Å²) in [4.78, 5) is 32.2. The van der Waals surface area contributed by atoms with Crippen LogP contribution in [-0.4, -0.2) is 72.6 Å². The Kier molecular flexibility index (Phi) is 21.2. The van der Waals surface area contributed by atoms with Gasteiger partial charge < -0.3 is 53.0 Å². The number of aromatic hydroxyl groups is 1. The number of rotatable bonds is 10. The number of aliphatic carboxylic acids is 2. The number of aliphatic hydroxyl groups is 1. The average molecular weight is 1030 g/mol. The first-order valence-electron chi connectivity index (χ1n) is 17.2. The molecule has 6 aromatic rings. The molecule has 16 nitrogen and oxygen atoms in total. The first-order chi connectivity index (χ1) is 27.7. The van der Waals surface area contributed by atoms with Crippen molar-refractivity contribution in [2.24, 2.45) is 0 Å². The van der Waals surface area contributed by atoms with Crippen LogP contribution in [0.15, 0.2) is 118 Å². The van der Waals surface area contributed by atoms with Crippen molar-refractivity contribution in [3.63, 3.8) is 0 Å². The second-order valence-electron chi connectivity index (χ2n) is 13.0. The maximum atomic E-state index is 10.8. The smallest absolute Gasteiger partial charge is 0.546 e. The van der Waals surface area contributed by atoms with Gasteiger partial charge in [-0.15, -0.1) is 0 Å². The van der Waals surface area contributed by atoms with Crippen LogP contribution in [0.1, 0.15) is 41.5 Å². The molecule has 3 aromatic carbocycles. The third kappa shape index (κ3) is 17.2. The molecule has 0 aliphatic rings. The summed E-state index contributed by atoms with van der Waals surface area (Å²) in [5, 5.41) is 48.5. The number of hydrogen-bond donors (Lipinski definition) is 3. The van der Waals surface area contributed by atoms with E-state index in [0.29, 0.717) is 45.5 Å². The number of carboxylic acid groups (broad SMARTS) is 2. The Morgan fingerprint density at radius 3 is 1.38 bits per heavy atom. The second kappa shape index (κ2) is 24.7. The number of benzene rings is 3. The largest absolute Gasteiger partial charge is 1.00 e. The zero-order chi connectivity index (χ0) is 43.9. The number of hydrogen-bond acceptors (Lipinski definition) is 15. The summed E-state index contributed by atoms with van der Waals surface area (Å²) in [5.74, 6) is -0.300. The maximum Gasteiger partial charge on any atom is 1.00 e. The molecular formula is C40H39Br3N3NaO13. The molecule has 60 heavy (non-hydrogen) atoms. The Labute approximate surface area is 391 Å². The van der Waals surface area contributed by atoms with Crippen molar-refractivity contribution in [3.05, 3.63) is 105 Å². The molecule has 3 heterocycles. The molecule has 3 N–H and O–H groups in total. The van der Waals surface area contributed by atoms with Gasteiger partial charge in [-0.3, -0.25) is 0 Å². The van der Waals surface area contributed by atoms with Gasteiger partial charge in [-0.05, 0) is 96.1 Å². The van der Waals surface area contributed by atoms with Crippen molar-refractivity contribution < 1.29 is 92.1 Å². The van der Waals surface area contributed by atoms with Crippen molar-refractivity contribution in [2.75, 3.05) is 0 Å². The summed E-state index contributed by atoms with van der Waals surface area (Å²) in [6, 6.07) is 20.6. The molecule has 0 bridgehead atoms. The van der Waals surface area contributed by atoms with E-state index in [1.54, 1.807) is 93.6 Å². The van der Waals surface area contributed by atoms with Gasteiger partial charge in [-0.25, -0.2) is 9.59 Å². The third-order valence-electron chi connectivity index (χ3n) is 6.99. The van der Waals surface area contributed by atoms with E-state index in [1.807, 2.05) is 0 Å². The van der Waals surface area contributed by atoms with E-state index in [4.69, 9.17) is 38.0 Å². The van der Waals surface area contributed by atoms with E-state index in [-0.39, 0.29) is 35.3 Å². The van der Waals surface area contributed by atoms with Crippen molar-refractivity contribution >= 4 is 65.7 Å². The number of phenolic OH excluding ortho intramolecular Hbond substituents is 1. The summed E-state index contributed by atoms with van der Waals surface area (Å²) >= 11 is 9.98. The van der Waals surface area contributed by atoms with Crippen LogP contribution in [0.3, 0.4) is 0 Å². The van der Waals surface area contributed by atoms with Crippen LogP contribution in [0.2, 0.25) is 0 Å². The molecule has 0 aliphatic heterocycles. The fourth-order valence-electron chi connectivity index (χ4n) is 4.23. The van der Waals surface area contributed by atoms with Gasteiger partial charge in [0.05, 0.1) is 41.3 Å². The van der Waals surface area contributed by atoms with Crippen molar-refractivity contribution in [1.29, 1.82) is 0 Å². The second-order valence-corrected chi connectivity index (χ2v) is 15.7. The van der Waals surface area contributed by atoms with Crippen molar-refractivity contribution in [1.82, 2.24) is 15.5 Å². The summed E-state index contributed by atoms with van der Waals surface area (Å²) in [6.45, 7) is 9.53. The standard InChI is InChI=1S/2C12H10BrNO4.C9H6BrNO2.C7H14O3.Na/c2*1-7(12(15)16)17-10-3-2-8(13)6-9(10)11-4-5-14-18-11;10-6-1-2-8(12)7(5-6)9-3-4-11-13-9;1-5(8)6(9)10-7(2,3)4;/h2*2-7H,1H3,(H,15,16);1-5,12H;5,8H,1-4H3;/q;;;;+1/p-1/t2*7-;;5-;/m00.1./s1. The van der Waals surface area contributed by atoms with Crippen LogP contribution in [0.4, 0.5) is 0 Å². The number of esters is 1. The van der Waals surface area contributed by atoms with Gasteiger partial charge in [0.15, 0.2) is 23.4 Å². The van der Waals surface area contributed by atoms with E-state index < -0.39 is 41.8 Å². The molecule has 0 amide bonds. The first-order valence-corrected chi connectivity index (χ1v) is 19.6. The normalized spacial score (nSPS) is 11.9. The van der Waals surface area contributed by atoms with E-state index in [2.05, 4.69) is 63.3 Å². The number of carbonyl (C=O) groups excluding carboxylic acids is 2. The molecular weight excluding hydrogens is 993 g/mol. The predicted octanol–water partition coefficient (Wildman–Crippen LogP) is 5.10. The average Bonchev–Trinajstić information content (AvgIpc) is 3.99. The van der Waals surface area contributed by atoms with Crippen LogP contribution < -0.4 is 44.1 Å². The number of phenols is 1. The molecule has 0 spiro atoms. The molecule has 0 unspecified atom stereocenters. The van der Waals surface area contributed by atoms with E-state index in [0.717, 1.165) is 13.4 Å². The number of carbonyl (C=O) groups is 3. The summed E-state index contributed by atoms with van der Waals surface area (Å²) in [7, 11) is 0. The Bertz CT molecular complexity index is 2150. The van der Waals surface area contributed by atoms with E-state index >= 15 is 0 Å². The maximum absolute atomic E-state index is 10.8. The summed E-state index contributed by atoms with van der Waals surface area (Å²) in [6.07, 6.45) is 1.54. The quantitative estimate of drug-likeness (QED) is 0.119. The summed E-state index contributed by atoms with van der Waals surface area (Å²) in [5.41, 5.74) is 1.39. The molecule has 20 heteroatoms. The molecule has 314 valence electrons. The monoisotopic (exact) mass is 1030 g/mol. The van der Waals surface area contributed by atoms with Gasteiger partial charge in [0.25, 0.3) is 0 Å². The fraction of sp³-hybridized carbons (Fsp3) is 0.250. The SMILES string of the molecule is C[C@@H](O)C(=O)OC(C)(C)C.C[C@H](Oc1ccc(Br)cc1-c1ccno1)C(=O)O.C[C@H](Oc1ccc(Br)cc1-c1ccno1)C(=O)[O-].Oc1ccc(Br)cc1-c1ccno1.[Na+]. The van der Waals surface area contributed by atoms with E-state index in [9.17, 15) is 24.6 Å². The van der Waals surface area contributed by atoms with Crippen LogP contribution >= 0.6 is 47.8 Å². The van der Waals surface area contributed by atoms with Gasteiger partial charge in [0.1, 0.15) is 35.1 Å². The van der Waals surface area contributed by atoms with Crippen LogP contribution in [-0.2, 0) is 19.1 Å². The number of halogens is 3. The molecule has 0 saturated carbocycles. The fourth-order valence-corrected chi connectivity index (χ4v) is 5.31. The van der Waals surface area contributed by atoms with Crippen LogP contribution in [0, 0.1) is 0 Å². The number of nitrogens with zero attached hydrogens (tertiary/aromatic N) is 3. The first kappa shape index (κ1) is 51.6. The Morgan fingerprint density at radius 1 is 0.667 bits per heavy atom. The zero-order valence-corrected chi connectivity index (χ0v) is 40.0. The third-order valence-corrected chi connectivity index (χ3v) is 8.47. The van der Waals surface area contributed by atoms with Gasteiger partial charge in [-0.2, -0.15) is 0 Å². The number of carboxylic acids is 2. The molecule has 0 saturated heterocycles. The Balaban J connectivity index is 0.000000281. The molecule has 0 aliphatic carbocycles. The minimum atomic E-state index is -1.28. The number of ether oxygens (including phenoxy) is 3. The Hall–Kier alpha value is -4.50. The zero-order valence-electron chi connectivity index (χ0n) is 33.3. The van der Waals surface area contributed by atoms with Gasteiger partial charge in [0, 0.05) is 31.6 Å². The minimum absolute atomic E-state index is 0. The molecule has 3 atom stereocenters. The Morgan fingerprint density at radius 2 is 1.05 bits per heavy atom. The molecule has 6 rings (SSSR count). The van der Waals surface area contributed by atoms with Gasteiger partial charge in [0.2, 0.25) is 0 Å². The van der Waals surface area contributed by atoms with Crippen LogP contribution in [0.25, 0.3) is 34.0 Å².